The van der Waals surface area contributed by atoms with Crippen LogP contribution in [0.3, 0.4) is 0 Å². The maximum atomic E-state index is 11.3. The van der Waals surface area contributed by atoms with Crippen LogP contribution in [0.4, 0.5) is 0 Å². The first kappa shape index (κ1) is 28.5. The Morgan fingerprint density at radius 2 is 1.57 bits per heavy atom. The fourth-order valence-electron chi connectivity index (χ4n) is 3.82. The van der Waals surface area contributed by atoms with Crippen LogP contribution in [0, 0.1) is 0 Å². The highest BCUT2D eigenvalue weighted by Gasteiger charge is 2.06. The summed E-state index contributed by atoms with van der Waals surface area (Å²) in [6.07, 6.45) is 21.4. The summed E-state index contributed by atoms with van der Waals surface area (Å²) in [6.45, 7) is 6.75. The first-order chi connectivity index (χ1) is 17.1. The molecule has 1 heterocycles. The van der Waals surface area contributed by atoms with Crippen LogP contribution in [-0.2, 0) is 9.53 Å². The van der Waals surface area contributed by atoms with Crippen molar-refractivity contribution in [1.82, 2.24) is 9.97 Å². The standard InChI is InChI=1S/C30H44N2O3/c1-4-6-7-8-9-10-11-15-22-34-28-23-31-30(32-24-28)27-20-18-26(19-21-27)17-14-12-13-16-25(3)35-29(33)5-2/h14,17-21,23-25H,4-13,15-16,22H2,1-3H3/b17-14+. The number of carbonyl (C=O) groups is 1. The Bertz CT molecular complexity index is 847. The predicted molar refractivity (Wildman–Crippen MR) is 144 cm³/mol. The van der Waals surface area contributed by atoms with Crippen LogP contribution in [0.1, 0.15) is 103 Å². The van der Waals surface area contributed by atoms with Gasteiger partial charge in [0.1, 0.15) is 0 Å². The average molecular weight is 481 g/mol. The number of hydrogen-bond donors (Lipinski definition) is 0. The molecule has 0 aliphatic heterocycles. The monoisotopic (exact) mass is 480 g/mol. The molecule has 0 radical (unpaired) electrons. The summed E-state index contributed by atoms with van der Waals surface area (Å²) >= 11 is 0. The molecule has 0 spiro atoms. The van der Waals surface area contributed by atoms with Crippen molar-refractivity contribution in [1.29, 1.82) is 0 Å². The quantitative estimate of drug-likeness (QED) is 0.159. The van der Waals surface area contributed by atoms with E-state index in [2.05, 4.69) is 41.2 Å². The van der Waals surface area contributed by atoms with Crippen molar-refractivity contribution in [3.63, 3.8) is 0 Å². The van der Waals surface area contributed by atoms with Gasteiger partial charge in [0.2, 0.25) is 0 Å². The lowest BCUT2D eigenvalue weighted by Crippen LogP contribution is -2.13. The second-order valence-electron chi connectivity index (χ2n) is 9.18. The molecule has 2 rings (SSSR count). The van der Waals surface area contributed by atoms with Crippen molar-refractivity contribution >= 4 is 12.0 Å². The number of hydrogen-bond acceptors (Lipinski definition) is 5. The predicted octanol–water partition coefficient (Wildman–Crippen LogP) is 8.19. The zero-order valence-corrected chi connectivity index (χ0v) is 22.0. The molecule has 5 heteroatoms. The number of rotatable bonds is 18. The number of aromatic nitrogens is 2. The highest BCUT2D eigenvalue weighted by Crippen LogP contribution is 2.19. The Morgan fingerprint density at radius 1 is 0.914 bits per heavy atom. The summed E-state index contributed by atoms with van der Waals surface area (Å²) in [5.41, 5.74) is 2.13. The minimum Gasteiger partial charge on any atom is -0.490 e. The van der Waals surface area contributed by atoms with Gasteiger partial charge in [0.05, 0.1) is 25.1 Å². The van der Waals surface area contributed by atoms with Crippen LogP contribution >= 0.6 is 0 Å². The van der Waals surface area contributed by atoms with E-state index >= 15 is 0 Å². The van der Waals surface area contributed by atoms with Gasteiger partial charge in [-0.3, -0.25) is 4.79 Å². The Kier molecular flexibility index (Phi) is 14.4. The number of benzene rings is 1. The minimum atomic E-state index is -0.127. The molecular formula is C30H44N2O3. The fraction of sp³-hybridized carbons (Fsp3) is 0.567. The van der Waals surface area contributed by atoms with Gasteiger partial charge in [-0.25, -0.2) is 9.97 Å². The normalized spacial score (nSPS) is 12.1. The van der Waals surface area contributed by atoms with E-state index in [-0.39, 0.29) is 12.1 Å². The fourth-order valence-corrected chi connectivity index (χ4v) is 3.82. The number of nitrogens with zero attached hydrogens (tertiary/aromatic N) is 2. The summed E-state index contributed by atoms with van der Waals surface area (Å²) in [5.74, 6) is 1.31. The molecular weight excluding hydrogens is 436 g/mol. The first-order valence-electron chi connectivity index (χ1n) is 13.5. The lowest BCUT2D eigenvalue weighted by molar-refractivity contribution is -0.148. The molecule has 1 atom stereocenters. The van der Waals surface area contributed by atoms with Gasteiger partial charge in [0, 0.05) is 12.0 Å². The topological polar surface area (TPSA) is 61.3 Å². The van der Waals surface area contributed by atoms with Gasteiger partial charge in [0.15, 0.2) is 11.6 Å². The molecule has 192 valence electrons. The molecule has 0 fully saturated rings. The minimum absolute atomic E-state index is 0.0166. The second-order valence-corrected chi connectivity index (χ2v) is 9.18. The molecule has 2 aromatic rings. The SMILES string of the molecule is CCCCCCCCCCOc1cnc(-c2ccc(/C=C/CCCC(C)OC(=O)CC)cc2)nc1. The Balaban J connectivity index is 1.65. The molecule has 1 aromatic carbocycles. The van der Waals surface area contributed by atoms with E-state index in [1.165, 1.54) is 44.9 Å². The van der Waals surface area contributed by atoms with Crippen LogP contribution in [-0.4, -0.2) is 28.6 Å². The van der Waals surface area contributed by atoms with Crippen molar-refractivity contribution in [3.05, 3.63) is 48.3 Å². The zero-order chi connectivity index (χ0) is 25.1. The van der Waals surface area contributed by atoms with Crippen LogP contribution in [0.5, 0.6) is 5.75 Å². The van der Waals surface area contributed by atoms with Gasteiger partial charge in [-0.1, -0.05) is 95.2 Å². The molecule has 0 bridgehead atoms. The van der Waals surface area contributed by atoms with E-state index in [1.807, 2.05) is 26.0 Å². The summed E-state index contributed by atoms with van der Waals surface area (Å²) in [4.78, 5) is 20.2. The molecule has 0 aliphatic rings. The van der Waals surface area contributed by atoms with Gasteiger partial charge < -0.3 is 9.47 Å². The van der Waals surface area contributed by atoms with E-state index in [9.17, 15) is 4.79 Å². The van der Waals surface area contributed by atoms with E-state index in [0.717, 1.165) is 49.2 Å². The molecule has 0 amide bonds. The van der Waals surface area contributed by atoms with E-state index in [0.29, 0.717) is 12.2 Å². The lowest BCUT2D eigenvalue weighted by Gasteiger charge is -2.11. The molecule has 0 saturated heterocycles. The third-order valence-electron chi connectivity index (χ3n) is 5.98. The Morgan fingerprint density at radius 3 is 2.23 bits per heavy atom. The number of esters is 1. The van der Waals surface area contributed by atoms with E-state index in [1.54, 1.807) is 12.4 Å². The molecule has 1 unspecified atom stereocenters. The van der Waals surface area contributed by atoms with Gasteiger partial charge in [0.25, 0.3) is 0 Å². The van der Waals surface area contributed by atoms with Gasteiger partial charge in [-0.15, -0.1) is 0 Å². The van der Waals surface area contributed by atoms with Crippen molar-refractivity contribution in [2.75, 3.05) is 6.61 Å². The molecule has 35 heavy (non-hydrogen) atoms. The van der Waals surface area contributed by atoms with Crippen LogP contribution in [0.15, 0.2) is 42.7 Å². The Hall–Kier alpha value is -2.69. The molecule has 0 saturated carbocycles. The maximum absolute atomic E-state index is 11.3. The van der Waals surface area contributed by atoms with Gasteiger partial charge >= 0.3 is 5.97 Å². The zero-order valence-electron chi connectivity index (χ0n) is 22.0. The van der Waals surface area contributed by atoms with Crippen LogP contribution in [0.2, 0.25) is 0 Å². The van der Waals surface area contributed by atoms with Crippen LogP contribution in [0.25, 0.3) is 17.5 Å². The number of unbranched alkanes of at least 4 members (excludes halogenated alkanes) is 8. The molecule has 1 aromatic heterocycles. The average Bonchev–Trinajstić information content (AvgIpc) is 2.88. The van der Waals surface area contributed by atoms with E-state index < -0.39 is 0 Å². The third-order valence-corrected chi connectivity index (χ3v) is 5.98. The number of carbonyl (C=O) groups excluding carboxylic acids is 1. The van der Waals surface area contributed by atoms with Crippen molar-refractivity contribution in [2.24, 2.45) is 0 Å². The van der Waals surface area contributed by atoms with Crippen molar-refractivity contribution in [2.45, 2.75) is 104 Å². The highest BCUT2D eigenvalue weighted by molar-refractivity contribution is 5.69. The lowest BCUT2D eigenvalue weighted by atomic mass is 10.1. The summed E-state index contributed by atoms with van der Waals surface area (Å²) in [6, 6.07) is 8.24. The summed E-state index contributed by atoms with van der Waals surface area (Å²) < 4.78 is 11.1. The summed E-state index contributed by atoms with van der Waals surface area (Å²) in [7, 11) is 0. The van der Waals surface area contributed by atoms with Gasteiger partial charge in [-0.05, 0) is 38.2 Å². The van der Waals surface area contributed by atoms with E-state index in [4.69, 9.17) is 9.47 Å². The number of allylic oxidation sites excluding steroid dienone is 1. The summed E-state index contributed by atoms with van der Waals surface area (Å²) in [5, 5.41) is 0. The highest BCUT2D eigenvalue weighted by atomic mass is 16.5. The largest absolute Gasteiger partial charge is 0.490 e. The number of ether oxygens (including phenoxy) is 2. The molecule has 0 N–H and O–H groups in total. The third kappa shape index (κ3) is 12.5. The van der Waals surface area contributed by atoms with Crippen molar-refractivity contribution in [3.8, 4) is 17.1 Å². The van der Waals surface area contributed by atoms with Crippen molar-refractivity contribution < 1.29 is 14.3 Å². The van der Waals surface area contributed by atoms with Crippen LogP contribution < -0.4 is 4.74 Å². The second kappa shape index (κ2) is 17.7. The first-order valence-corrected chi connectivity index (χ1v) is 13.5. The Labute approximate surface area is 212 Å². The smallest absolute Gasteiger partial charge is 0.305 e. The molecule has 0 aliphatic carbocycles. The van der Waals surface area contributed by atoms with Gasteiger partial charge in [-0.2, -0.15) is 0 Å². The maximum Gasteiger partial charge on any atom is 0.305 e. The molecule has 5 nitrogen and oxygen atoms in total.